The van der Waals surface area contributed by atoms with Crippen LogP contribution in [0.2, 0.25) is 0 Å². The Balaban J connectivity index is 2.11. The summed E-state index contributed by atoms with van der Waals surface area (Å²) >= 11 is 1.19. The van der Waals surface area contributed by atoms with Crippen molar-refractivity contribution in [1.82, 2.24) is 0 Å². The molecule has 0 aromatic rings. The predicted octanol–water partition coefficient (Wildman–Crippen LogP) is 3.93. The van der Waals surface area contributed by atoms with Gasteiger partial charge in [-0.05, 0) is 0 Å². The Morgan fingerprint density at radius 2 is 1.86 bits per heavy atom. The summed E-state index contributed by atoms with van der Waals surface area (Å²) in [5.41, 5.74) is 4.48. The van der Waals surface area contributed by atoms with E-state index in [9.17, 15) is 0 Å². The summed E-state index contributed by atoms with van der Waals surface area (Å²) in [5.74, 6) is 0. The SMILES string of the molecule is CC1=CC[C]([Fe][C]2=C(C)C=CC2)=C1C. The molecule has 0 atom stereocenters. The van der Waals surface area contributed by atoms with Crippen LogP contribution in [0, 0.1) is 0 Å². The third-order valence-corrected chi connectivity index (χ3v) is 4.83. The van der Waals surface area contributed by atoms with E-state index in [0.29, 0.717) is 0 Å². The molecule has 0 aliphatic heterocycles. The zero-order chi connectivity index (χ0) is 10.1. The second-order valence-electron chi connectivity index (χ2n) is 3.87. The van der Waals surface area contributed by atoms with Gasteiger partial charge in [-0.1, -0.05) is 0 Å². The summed E-state index contributed by atoms with van der Waals surface area (Å²) in [6.07, 6.45) is 9.22. The van der Waals surface area contributed by atoms with Crippen molar-refractivity contribution in [1.29, 1.82) is 0 Å². The average Bonchev–Trinajstić information content (AvgIpc) is 2.68. The van der Waals surface area contributed by atoms with Crippen molar-refractivity contribution in [3.8, 4) is 0 Å². The monoisotopic (exact) mass is 228 g/mol. The Morgan fingerprint density at radius 1 is 1.07 bits per heavy atom. The van der Waals surface area contributed by atoms with Crippen molar-refractivity contribution in [3.05, 3.63) is 43.9 Å². The van der Waals surface area contributed by atoms with Gasteiger partial charge in [0.2, 0.25) is 0 Å². The van der Waals surface area contributed by atoms with Crippen molar-refractivity contribution >= 4 is 0 Å². The van der Waals surface area contributed by atoms with Crippen LogP contribution < -0.4 is 0 Å². The molecule has 2 aliphatic rings. The van der Waals surface area contributed by atoms with Gasteiger partial charge in [-0.15, -0.1) is 0 Å². The molecule has 0 radical (unpaired) electrons. The van der Waals surface area contributed by atoms with E-state index in [4.69, 9.17) is 0 Å². The van der Waals surface area contributed by atoms with Gasteiger partial charge in [-0.3, -0.25) is 0 Å². The Morgan fingerprint density at radius 3 is 2.36 bits per heavy atom. The molecule has 0 saturated carbocycles. The maximum atomic E-state index is 2.35. The number of allylic oxidation sites excluding steroid dienone is 8. The van der Waals surface area contributed by atoms with Crippen LogP contribution in [0.1, 0.15) is 33.6 Å². The molecular formula is C13H16Fe. The second-order valence-corrected chi connectivity index (χ2v) is 5.48. The number of hydrogen-bond donors (Lipinski definition) is 0. The molecule has 0 unspecified atom stereocenters. The van der Waals surface area contributed by atoms with Crippen molar-refractivity contribution in [3.63, 3.8) is 0 Å². The molecule has 1 heteroatoms. The first-order valence-electron chi connectivity index (χ1n) is 5.04. The van der Waals surface area contributed by atoms with Crippen LogP contribution >= 0.6 is 0 Å². The van der Waals surface area contributed by atoms with Crippen molar-refractivity contribution < 1.29 is 15.0 Å². The average molecular weight is 228 g/mol. The molecule has 0 saturated heterocycles. The van der Waals surface area contributed by atoms with Crippen LogP contribution in [0.3, 0.4) is 0 Å². The molecule has 2 rings (SSSR count). The summed E-state index contributed by atoms with van der Waals surface area (Å²) in [5, 5.41) is 0. The maximum absolute atomic E-state index is 2.35. The van der Waals surface area contributed by atoms with Gasteiger partial charge in [0.25, 0.3) is 0 Å². The minimum atomic E-state index is 1.17. The molecule has 0 bridgehead atoms. The van der Waals surface area contributed by atoms with Gasteiger partial charge in [0.05, 0.1) is 0 Å². The minimum absolute atomic E-state index is 1.17. The summed E-state index contributed by atoms with van der Waals surface area (Å²) in [7, 11) is 0. The van der Waals surface area contributed by atoms with Gasteiger partial charge in [-0.25, -0.2) is 0 Å². The fourth-order valence-electron chi connectivity index (χ4n) is 1.68. The zero-order valence-corrected chi connectivity index (χ0v) is 10.1. The summed E-state index contributed by atoms with van der Waals surface area (Å²) in [6, 6.07) is 0. The Hall–Kier alpha value is -0.521. The quantitative estimate of drug-likeness (QED) is 0.628. The summed E-state index contributed by atoms with van der Waals surface area (Å²) < 4.78 is 3.24. The standard InChI is InChI=1S/C7H9.C6H7.Fe/c1-6-4-3-5-7(6)2;1-6-4-2-3-5-6;/h4H,3H2,1-2H3;2,4H,3H2,1H3;. The molecule has 0 spiro atoms. The topological polar surface area (TPSA) is 0 Å². The van der Waals surface area contributed by atoms with E-state index in [2.05, 4.69) is 39.0 Å². The first-order chi connectivity index (χ1) is 6.68. The van der Waals surface area contributed by atoms with E-state index in [1.807, 2.05) is 0 Å². The van der Waals surface area contributed by atoms with E-state index in [1.165, 1.54) is 44.5 Å². The molecule has 76 valence electrons. The van der Waals surface area contributed by atoms with Gasteiger partial charge < -0.3 is 0 Å². The Bertz CT molecular complexity index is 378. The molecule has 2 aliphatic carbocycles. The molecule has 0 fully saturated rings. The van der Waals surface area contributed by atoms with Crippen molar-refractivity contribution in [2.75, 3.05) is 0 Å². The van der Waals surface area contributed by atoms with Crippen molar-refractivity contribution in [2.24, 2.45) is 0 Å². The molecule has 0 heterocycles. The van der Waals surface area contributed by atoms with Gasteiger partial charge in [0, 0.05) is 0 Å². The molecule has 0 nitrogen and oxygen atoms in total. The van der Waals surface area contributed by atoms with E-state index in [-0.39, 0.29) is 0 Å². The van der Waals surface area contributed by atoms with E-state index < -0.39 is 0 Å². The first-order valence-corrected chi connectivity index (χ1v) is 6.14. The molecular weight excluding hydrogens is 212 g/mol. The molecule has 0 aromatic heterocycles. The van der Waals surface area contributed by atoms with E-state index in [0.717, 1.165) is 0 Å². The van der Waals surface area contributed by atoms with Gasteiger partial charge >= 0.3 is 92.5 Å². The molecule has 0 aromatic carbocycles. The van der Waals surface area contributed by atoms with Crippen LogP contribution in [0.25, 0.3) is 0 Å². The second kappa shape index (κ2) is 3.92. The fourth-order valence-corrected chi connectivity index (χ4v) is 3.28. The Labute approximate surface area is 92.6 Å². The summed E-state index contributed by atoms with van der Waals surface area (Å²) in [6.45, 7) is 6.70. The fraction of sp³-hybridized carbons (Fsp3) is 0.385. The summed E-state index contributed by atoms with van der Waals surface area (Å²) in [4.78, 5) is 0. The van der Waals surface area contributed by atoms with E-state index in [1.54, 1.807) is 8.94 Å². The van der Waals surface area contributed by atoms with Gasteiger partial charge in [0.1, 0.15) is 0 Å². The Kier molecular flexibility index (Phi) is 2.80. The van der Waals surface area contributed by atoms with Crippen LogP contribution in [0.15, 0.2) is 43.9 Å². The molecule has 14 heavy (non-hydrogen) atoms. The first kappa shape index (κ1) is 10.0. The number of rotatable bonds is 2. The van der Waals surface area contributed by atoms with Crippen LogP contribution in [0.4, 0.5) is 0 Å². The van der Waals surface area contributed by atoms with Gasteiger partial charge in [-0.2, -0.15) is 0 Å². The van der Waals surface area contributed by atoms with Crippen molar-refractivity contribution in [2.45, 2.75) is 33.6 Å². The number of hydrogen-bond acceptors (Lipinski definition) is 0. The third-order valence-electron chi connectivity index (χ3n) is 2.86. The van der Waals surface area contributed by atoms with Crippen LogP contribution in [-0.2, 0) is 15.0 Å². The van der Waals surface area contributed by atoms with Crippen LogP contribution in [-0.4, -0.2) is 0 Å². The van der Waals surface area contributed by atoms with E-state index >= 15 is 0 Å². The third kappa shape index (κ3) is 1.80. The van der Waals surface area contributed by atoms with Gasteiger partial charge in [0.15, 0.2) is 0 Å². The molecule has 0 N–H and O–H groups in total. The predicted molar refractivity (Wildman–Crippen MR) is 57.5 cm³/mol. The zero-order valence-electron chi connectivity index (χ0n) is 9.00. The normalized spacial score (nSPS) is 21.5. The molecule has 0 amide bonds. The van der Waals surface area contributed by atoms with Crippen LogP contribution in [0.5, 0.6) is 0 Å².